The number of nitrogens with zero attached hydrogens (tertiary/aromatic N) is 1. The van der Waals surface area contributed by atoms with Gasteiger partial charge in [-0.15, -0.1) is 11.3 Å². The number of fused-ring (bicyclic) bond motifs is 1. The maximum absolute atomic E-state index is 12.4. The van der Waals surface area contributed by atoms with Crippen molar-refractivity contribution in [2.45, 2.75) is 31.3 Å². The lowest BCUT2D eigenvalue weighted by molar-refractivity contribution is 0.0941. The Hall–Kier alpha value is -1.59. The highest BCUT2D eigenvalue weighted by Gasteiger charge is 2.34. The van der Waals surface area contributed by atoms with Gasteiger partial charge in [-0.25, -0.2) is 0 Å². The number of amides is 1. The Morgan fingerprint density at radius 3 is 2.95 bits per heavy atom. The SMILES string of the molecule is Nc1ccc2sc(C(=O)NC3CCN(C4CC4)C3)cc2c1. The smallest absolute Gasteiger partial charge is 0.261 e. The molecule has 0 bridgehead atoms. The molecule has 2 heterocycles. The summed E-state index contributed by atoms with van der Waals surface area (Å²) in [6.45, 7) is 2.13. The molecule has 4 rings (SSSR count). The van der Waals surface area contributed by atoms with Gasteiger partial charge in [0.05, 0.1) is 4.88 Å². The summed E-state index contributed by atoms with van der Waals surface area (Å²) in [6, 6.07) is 8.82. The van der Waals surface area contributed by atoms with E-state index in [2.05, 4.69) is 10.2 Å². The van der Waals surface area contributed by atoms with E-state index in [-0.39, 0.29) is 5.91 Å². The molecule has 1 aromatic carbocycles. The molecule has 1 aliphatic heterocycles. The van der Waals surface area contributed by atoms with Gasteiger partial charge < -0.3 is 11.1 Å². The van der Waals surface area contributed by atoms with E-state index in [1.807, 2.05) is 24.3 Å². The molecule has 1 aliphatic carbocycles. The van der Waals surface area contributed by atoms with Crippen molar-refractivity contribution in [1.29, 1.82) is 0 Å². The van der Waals surface area contributed by atoms with Gasteiger partial charge in [0, 0.05) is 35.6 Å². The van der Waals surface area contributed by atoms with Crippen LogP contribution in [0.3, 0.4) is 0 Å². The average molecular weight is 301 g/mol. The van der Waals surface area contributed by atoms with E-state index < -0.39 is 0 Å². The zero-order valence-electron chi connectivity index (χ0n) is 11.8. The van der Waals surface area contributed by atoms with Crippen LogP contribution in [0.5, 0.6) is 0 Å². The predicted octanol–water partition coefficient (Wildman–Crippen LogP) is 2.45. The fourth-order valence-electron chi connectivity index (χ4n) is 3.11. The fourth-order valence-corrected chi connectivity index (χ4v) is 4.05. The zero-order chi connectivity index (χ0) is 14.4. The summed E-state index contributed by atoms with van der Waals surface area (Å²) in [5, 5.41) is 4.23. The summed E-state index contributed by atoms with van der Waals surface area (Å²) in [5.74, 6) is 0.0532. The molecule has 0 spiro atoms. The van der Waals surface area contributed by atoms with Crippen LogP contribution in [-0.2, 0) is 0 Å². The number of benzene rings is 1. The molecule has 1 saturated carbocycles. The number of rotatable bonds is 3. The molecule has 1 amide bonds. The first-order valence-electron chi connectivity index (χ1n) is 7.53. The number of hydrogen-bond donors (Lipinski definition) is 2. The molecule has 5 heteroatoms. The maximum atomic E-state index is 12.4. The van der Waals surface area contributed by atoms with Crippen LogP contribution >= 0.6 is 11.3 Å². The van der Waals surface area contributed by atoms with Gasteiger partial charge in [0.1, 0.15) is 0 Å². The molecule has 3 N–H and O–H groups in total. The van der Waals surface area contributed by atoms with E-state index in [0.717, 1.165) is 46.2 Å². The van der Waals surface area contributed by atoms with Crippen LogP contribution in [0.1, 0.15) is 28.9 Å². The molecule has 110 valence electrons. The Labute approximate surface area is 127 Å². The van der Waals surface area contributed by atoms with Crippen molar-refractivity contribution < 1.29 is 4.79 Å². The lowest BCUT2D eigenvalue weighted by Crippen LogP contribution is -2.37. The Bertz CT molecular complexity index is 692. The van der Waals surface area contributed by atoms with Crippen LogP contribution in [-0.4, -0.2) is 36.0 Å². The van der Waals surface area contributed by atoms with Gasteiger partial charge in [-0.3, -0.25) is 9.69 Å². The summed E-state index contributed by atoms with van der Waals surface area (Å²) in [7, 11) is 0. The van der Waals surface area contributed by atoms with E-state index in [1.54, 1.807) is 0 Å². The van der Waals surface area contributed by atoms with Crippen molar-refractivity contribution >= 4 is 33.0 Å². The van der Waals surface area contributed by atoms with Gasteiger partial charge in [0.2, 0.25) is 0 Å². The summed E-state index contributed by atoms with van der Waals surface area (Å²) < 4.78 is 1.11. The lowest BCUT2D eigenvalue weighted by atomic mass is 10.2. The monoisotopic (exact) mass is 301 g/mol. The predicted molar refractivity (Wildman–Crippen MR) is 86.7 cm³/mol. The van der Waals surface area contributed by atoms with Crippen LogP contribution < -0.4 is 11.1 Å². The Morgan fingerprint density at radius 2 is 2.14 bits per heavy atom. The molecule has 2 aromatic rings. The minimum atomic E-state index is 0.0532. The number of nitrogens with two attached hydrogens (primary N) is 1. The largest absolute Gasteiger partial charge is 0.399 e. The van der Waals surface area contributed by atoms with Gasteiger partial charge in [0.25, 0.3) is 5.91 Å². The van der Waals surface area contributed by atoms with Gasteiger partial charge in [-0.05, 0) is 48.9 Å². The molecule has 1 aromatic heterocycles. The third-order valence-corrected chi connectivity index (χ3v) is 5.50. The van der Waals surface area contributed by atoms with E-state index in [4.69, 9.17) is 5.73 Å². The number of hydrogen-bond acceptors (Lipinski definition) is 4. The van der Waals surface area contributed by atoms with Crippen molar-refractivity contribution in [2.75, 3.05) is 18.8 Å². The minimum Gasteiger partial charge on any atom is -0.399 e. The van der Waals surface area contributed by atoms with Crippen molar-refractivity contribution in [2.24, 2.45) is 0 Å². The quantitative estimate of drug-likeness (QED) is 0.856. The third-order valence-electron chi connectivity index (χ3n) is 4.38. The average Bonchev–Trinajstić information content (AvgIpc) is 3.06. The van der Waals surface area contributed by atoms with Gasteiger partial charge >= 0.3 is 0 Å². The number of thiophene rings is 1. The molecular formula is C16H19N3OS. The highest BCUT2D eigenvalue weighted by atomic mass is 32.1. The molecule has 4 nitrogen and oxygen atoms in total. The lowest BCUT2D eigenvalue weighted by Gasteiger charge is -2.15. The van der Waals surface area contributed by atoms with Crippen molar-refractivity contribution in [3.8, 4) is 0 Å². The van der Waals surface area contributed by atoms with E-state index in [1.165, 1.54) is 24.2 Å². The summed E-state index contributed by atoms with van der Waals surface area (Å²) >= 11 is 1.54. The van der Waals surface area contributed by atoms with Gasteiger partial charge in [0.15, 0.2) is 0 Å². The molecular weight excluding hydrogens is 282 g/mol. The summed E-state index contributed by atoms with van der Waals surface area (Å²) in [4.78, 5) is 15.7. The van der Waals surface area contributed by atoms with Crippen LogP contribution in [0.15, 0.2) is 24.3 Å². The second-order valence-corrected chi connectivity index (χ2v) is 7.18. The van der Waals surface area contributed by atoms with Crippen LogP contribution in [0.4, 0.5) is 5.69 Å². The molecule has 1 saturated heterocycles. The van der Waals surface area contributed by atoms with Crippen molar-refractivity contribution in [1.82, 2.24) is 10.2 Å². The second kappa shape index (κ2) is 5.00. The Balaban J connectivity index is 1.46. The molecule has 1 atom stereocenters. The van der Waals surface area contributed by atoms with E-state index in [0.29, 0.717) is 6.04 Å². The highest BCUT2D eigenvalue weighted by molar-refractivity contribution is 7.20. The molecule has 2 fully saturated rings. The van der Waals surface area contributed by atoms with Gasteiger partial charge in [-0.2, -0.15) is 0 Å². The van der Waals surface area contributed by atoms with Gasteiger partial charge in [-0.1, -0.05) is 0 Å². The van der Waals surface area contributed by atoms with Crippen molar-refractivity contribution in [3.63, 3.8) is 0 Å². The topological polar surface area (TPSA) is 58.4 Å². The van der Waals surface area contributed by atoms with Crippen LogP contribution in [0.25, 0.3) is 10.1 Å². The number of nitrogen functional groups attached to an aromatic ring is 1. The number of carbonyl (C=O) groups excluding carboxylic acids is 1. The standard InChI is InChI=1S/C16H19N3OS/c17-11-1-4-14-10(7-11)8-15(21-14)16(20)18-12-5-6-19(9-12)13-2-3-13/h1,4,7-8,12-13H,2-3,5-6,9,17H2,(H,18,20). The zero-order valence-corrected chi connectivity index (χ0v) is 12.7. The van der Waals surface area contributed by atoms with Crippen molar-refractivity contribution in [3.05, 3.63) is 29.1 Å². The number of anilines is 1. The molecule has 1 unspecified atom stereocenters. The first-order chi connectivity index (χ1) is 10.2. The second-order valence-electron chi connectivity index (χ2n) is 6.09. The summed E-state index contributed by atoms with van der Waals surface area (Å²) in [5.41, 5.74) is 6.53. The minimum absolute atomic E-state index is 0.0532. The third kappa shape index (κ3) is 2.63. The van der Waals surface area contributed by atoms with Crippen LogP contribution in [0, 0.1) is 0 Å². The summed E-state index contributed by atoms with van der Waals surface area (Å²) in [6.07, 6.45) is 3.73. The molecule has 2 aliphatic rings. The normalized spacial score (nSPS) is 22.8. The maximum Gasteiger partial charge on any atom is 0.261 e. The number of likely N-dealkylation sites (tertiary alicyclic amines) is 1. The Morgan fingerprint density at radius 1 is 1.29 bits per heavy atom. The van der Waals surface area contributed by atoms with E-state index in [9.17, 15) is 4.79 Å². The number of carbonyl (C=O) groups is 1. The molecule has 0 radical (unpaired) electrons. The first kappa shape index (κ1) is 13.1. The van der Waals surface area contributed by atoms with Crippen LogP contribution in [0.2, 0.25) is 0 Å². The van der Waals surface area contributed by atoms with E-state index >= 15 is 0 Å². The highest BCUT2D eigenvalue weighted by Crippen LogP contribution is 2.30. The molecule has 21 heavy (non-hydrogen) atoms. The fraction of sp³-hybridized carbons (Fsp3) is 0.438. The Kier molecular flexibility index (Phi) is 3.12. The first-order valence-corrected chi connectivity index (χ1v) is 8.35. The number of nitrogens with one attached hydrogen (secondary N) is 1.